The molecule has 6 nitrogen and oxygen atoms in total. The molecular formula is C48H84O6. The smallest absolute Gasteiger partial charge is 0.311 e. The van der Waals surface area contributed by atoms with E-state index in [9.17, 15) is 14.4 Å². The van der Waals surface area contributed by atoms with Gasteiger partial charge in [0.15, 0.2) is 0 Å². The van der Waals surface area contributed by atoms with Crippen LogP contribution in [0.3, 0.4) is 0 Å². The van der Waals surface area contributed by atoms with Gasteiger partial charge in [0.2, 0.25) is 0 Å². The molecular weight excluding hydrogens is 673 g/mol. The van der Waals surface area contributed by atoms with Gasteiger partial charge in [-0.05, 0) is 96.8 Å². The summed E-state index contributed by atoms with van der Waals surface area (Å²) in [6.45, 7) is 10.7. The van der Waals surface area contributed by atoms with Crippen LogP contribution >= 0.6 is 0 Å². The molecule has 0 heterocycles. The summed E-state index contributed by atoms with van der Waals surface area (Å²) in [6.07, 6.45) is 46.1. The second-order valence-electron chi connectivity index (χ2n) is 15.5. The zero-order valence-corrected chi connectivity index (χ0v) is 35.9. The minimum Gasteiger partial charge on any atom is -0.465 e. The third kappa shape index (κ3) is 32.8. The van der Waals surface area contributed by atoms with Crippen molar-refractivity contribution in [3.05, 3.63) is 48.6 Å². The highest BCUT2D eigenvalue weighted by atomic mass is 16.6. The van der Waals surface area contributed by atoms with Gasteiger partial charge in [0.1, 0.15) is 19.8 Å². The fourth-order valence-corrected chi connectivity index (χ4v) is 6.21. The molecule has 0 saturated carbocycles. The van der Waals surface area contributed by atoms with Gasteiger partial charge in [0, 0.05) is 12.8 Å². The van der Waals surface area contributed by atoms with Crippen molar-refractivity contribution in [1.82, 2.24) is 0 Å². The van der Waals surface area contributed by atoms with Gasteiger partial charge in [-0.3, -0.25) is 14.4 Å². The molecule has 0 saturated heterocycles. The predicted octanol–water partition coefficient (Wildman–Crippen LogP) is 14.1. The van der Waals surface area contributed by atoms with Crippen LogP contribution in [0, 0.1) is 11.3 Å². The fraction of sp³-hybridized carbons (Fsp3) is 0.771. The molecule has 0 radical (unpaired) electrons. The Kier molecular flexibility index (Phi) is 36.8. The van der Waals surface area contributed by atoms with Crippen molar-refractivity contribution in [2.24, 2.45) is 11.3 Å². The highest BCUT2D eigenvalue weighted by Crippen LogP contribution is 2.29. The van der Waals surface area contributed by atoms with Crippen molar-refractivity contribution < 1.29 is 28.6 Å². The first kappa shape index (κ1) is 51.4. The van der Waals surface area contributed by atoms with E-state index in [2.05, 4.69) is 69.4 Å². The third-order valence-electron chi connectivity index (χ3n) is 10.1. The maximum atomic E-state index is 13.0. The van der Waals surface area contributed by atoms with E-state index in [1.165, 1.54) is 64.2 Å². The minimum atomic E-state index is -0.547. The number of hydrogen-bond acceptors (Lipinski definition) is 6. The molecule has 0 aromatic heterocycles. The molecule has 54 heavy (non-hydrogen) atoms. The van der Waals surface area contributed by atoms with Gasteiger partial charge in [-0.1, -0.05) is 147 Å². The number of allylic oxidation sites excluding steroid dienone is 8. The minimum absolute atomic E-state index is 0.0616. The maximum Gasteiger partial charge on any atom is 0.311 e. The number of unbranched alkanes of at least 4 members (excludes halogenated alkanes) is 16. The topological polar surface area (TPSA) is 78.9 Å². The van der Waals surface area contributed by atoms with Crippen molar-refractivity contribution in [2.45, 2.75) is 208 Å². The number of ether oxygens (including phenoxy) is 3. The summed E-state index contributed by atoms with van der Waals surface area (Å²) < 4.78 is 16.9. The SMILES string of the molecule is CCCCC/C=C\C/C=C\CCCCCCCC(=O)OCC(COC(=O)CCCCCCC/C=C\C/C=C\CCCCC)COC(=O)C(C)(CC)CCC. The summed E-state index contributed by atoms with van der Waals surface area (Å²) in [4.78, 5) is 38.1. The Balaban J connectivity index is 4.39. The first-order chi connectivity index (χ1) is 26.3. The molecule has 0 fully saturated rings. The van der Waals surface area contributed by atoms with Gasteiger partial charge in [0.25, 0.3) is 0 Å². The van der Waals surface area contributed by atoms with E-state index in [-0.39, 0.29) is 37.7 Å². The lowest BCUT2D eigenvalue weighted by atomic mass is 9.83. The first-order valence-electron chi connectivity index (χ1n) is 22.4. The summed E-state index contributed by atoms with van der Waals surface area (Å²) in [5.41, 5.74) is -0.547. The van der Waals surface area contributed by atoms with Crippen LogP contribution in [-0.2, 0) is 28.6 Å². The van der Waals surface area contributed by atoms with Gasteiger partial charge < -0.3 is 14.2 Å². The molecule has 1 atom stereocenters. The zero-order chi connectivity index (χ0) is 39.8. The molecule has 0 aliphatic heterocycles. The average Bonchev–Trinajstić information content (AvgIpc) is 3.17. The highest BCUT2D eigenvalue weighted by molar-refractivity contribution is 5.76. The second-order valence-corrected chi connectivity index (χ2v) is 15.5. The molecule has 6 heteroatoms. The number of rotatable bonds is 38. The Bertz CT molecular complexity index is 949. The first-order valence-corrected chi connectivity index (χ1v) is 22.4. The van der Waals surface area contributed by atoms with E-state index in [0.717, 1.165) is 89.9 Å². The molecule has 0 spiro atoms. The molecule has 0 bridgehead atoms. The maximum absolute atomic E-state index is 13.0. The van der Waals surface area contributed by atoms with Crippen LogP contribution in [0.25, 0.3) is 0 Å². The monoisotopic (exact) mass is 757 g/mol. The van der Waals surface area contributed by atoms with Crippen LogP contribution in [0.5, 0.6) is 0 Å². The molecule has 0 aliphatic rings. The van der Waals surface area contributed by atoms with Crippen LogP contribution in [0.1, 0.15) is 208 Å². The Hall–Kier alpha value is -2.63. The van der Waals surface area contributed by atoms with Crippen molar-refractivity contribution in [1.29, 1.82) is 0 Å². The molecule has 0 N–H and O–H groups in total. The summed E-state index contributed by atoms with van der Waals surface area (Å²) in [5, 5.41) is 0. The number of hydrogen-bond donors (Lipinski definition) is 0. The van der Waals surface area contributed by atoms with Gasteiger partial charge in [-0.2, -0.15) is 0 Å². The summed E-state index contributed by atoms with van der Waals surface area (Å²) in [7, 11) is 0. The molecule has 0 aliphatic carbocycles. The molecule has 0 rings (SSSR count). The van der Waals surface area contributed by atoms with E-state index in [1.54, 1.807) is 0 Å². The Morgan fingerprint density at radius 1 is 0.463 bits per heavy atom. The normalized spacial score (nSPS) is 13.1. The number of esters is 3. The van der Waals surface area contributed by atoms with Crippen molar-refractivity contribution in [3.8, 4) is 0 Å². The zero-order valence-electron chi connectivity index (χ0n) is 35.9. The van der Waals surface area contributed by atoms with Crippen LogP contribution in [0.2, 0.25) is 0 Å². The van der Waals surface area contributed by atoms with Crippen LogP contribution in [0.15, 0.2) is 48.6 Å². The van der Waals surface area contributed by atoms with E-state index in [4.69, 9.17) is 14.2 Å². The Morgan fingerprint density at radius 3 is 1.22 bits per heavy atom. The third-order valence-corrected chi connectivity index (χ3v) is 10.1. The fourth-order valence-electron chi connectivity index (χ4n) is 6.21. The Labute approximate surface area is 333 Å². The van der Waals surface area contributed by atoms with E-state index in [1.807, 2.05) is 13.8 Å². The van der Waals surface area contributed by atoms with E-state index in [0.29, 0.717) is 19.3 Å². The standard InChI is InChI=1S/C48H84O6/c1-6-10-12-14-16-18-20-22-24-26-28-30-32-34-36-38-45(49)52-41-44(43-54-47(51)48(5,9-4)40-8-3)42-53-46(50)39-37-35-33-31-29-27-25-23-21-19-17-15-13-11-7-2/h16-19,22-25,44H,6-15,20-21,26-43H2,1-5H3/b18-16-,19-17-,24-22-,25-23-. The average molecular weight is 757 g/mol. The molecule has 0 aromatic rings. The molecule has 0 amide bonds. The van der Waals surface area contributed by atoms with Gasteiger partial charge >= 0.3 is 17.9 Å². The molecule has 1 unspecified atom stereocenters. The van der Waals surface area contributed by atoms with Gasteiger partial charge in [-0.15, -0.1) is 0 Å². The number of carbonyl (C=O) groups excluding carboxylic acids is 3. The molecule has 0 aromatic carbocycles. The largest absolute Gasteiger partial charge is 0.465 e. The van der Waals surface area contributed by atoms with Crippen LogP contribution in [-0.4, -0.2) is 37.7 Å². The van der Waals surface area contributed by atoms with Crippen molar-refractivity contribution in [3.63, 3.8) is 0 Å². The lowest BCUT2D eigenvalue weighted by molar-refractivity contribution is -0.160. The highest BCUT2D eigenvalue weighted by Gasteiger charge is 2.32. The summed E-state index contributed by atoms with van der Waals surface area (Å²) in [6, 6.07) is 0. The molecule has 312 valence electrons. The quantitative estimate of drug-likeness (QED) is 0.0270. The van der Waals surface area contributed by atoms with Crippen LogP contribution < -0.4 is 0 Å². The van der Waals surface area contributed by atoms with Crippen molar-refractivity contribution in [2.75, 3.05) is 19.8 Å². The van der Waals surface area contributed by atoms with Crippen LogP contribution in [0.4, 0.5) is 0 Å². The predicted molar refractivity (Wildman–Crippen MR) is 228 cm³/mol. The summed E-state index contributed by atoms with van der Waals surface area (Å²) in [5.74, 6) is -1.14. The Morgan fingerprint density at radius 2 is 0.833 bits per heavy atom. The van der Waals surface area contributed by atoms with Gasteiger partial charge in [-0.25, -0.2) is 0 Å². The summed E-state index contributed by atoms with van der Waals surface area (Å²) >= 11 is 0. The lowest BCUT2D eigenvalue weighted by Gasteiger charge is -2.26. The van der Waals surface area contributed by atoms with Gasteiger partial charge in [0.05, 0.1) is 11.3 Å². The van der Waals surface area contributed by atoms with Crippen molar-refractivity contribution >= 4 is 17.9 Å². The van der Waals surface area contributed by atoms with E-state index >= 15 is 0 Å². The lowest BCUT2D eigenvalue weighted by Crippen LogP contribution is -2.33. The second kappa shape index (κ2) is 38.6. The number of carbonyl (C=O) groups is 3. The van der Waals surface area contributed by atoms with E-state index < -0.39 is 11.3 Å².